The van der Waals surface area contributed by atoms with Crippen molar-refractivity contribution >= 4 is 28.9 Å². The molecule has 0 amide bonds. The summed E-state index contributed by atoms with van der Waals surface area (Å²) in [6.07, 6.45) is 1.09. The van der Waals surface area contributed by atoms with Gasteiger partial charge in [-0.25, -0.2) is 8.78 Å². The lowest BCUT2D eigenvalue weighted by Crippen LogP contribution is -2.39. The second-order valence-corrected chi connectivity index (χ2v) is 7.27. The molecule has 2 aromatic carbocycles. The molecule has 1 aromatic heterocycles. The minimum absolute atomic E-state index is 0.108. The van der Waals surface area contributed by atoms with Gasteiger partial charge in [-0.2, -0.15) is 9.78 Å². The van der Waals surface area contributed by atoms with E-state index in [2.05, 4.69) is 5.10 Å². The van der Waals surface area contributed by atoms with Crippen LogP contribution in [-0.2, 0) is 4.74 Å². The van der Waals surface area contributed by atoms with Crippen molar-refractivity contribution in [2.45, 2.75) is 6.10 Å². The Morgan fingerprint density at radius 3 is 2.66 bits per heavy atom. The first kappa shape index (κ1) is 19.8. The van der Waals surface area contributed by atoms with Gasteiger partial charge in [0, 0.05) is 29.7 Å². The second-order valence-electron chi connectivity index (χ2n) is 6.48. The average molecular weight is 438 g/mol. The summed E-state index contributed by atoms with van der Waals surface area (Å²) in [5, 5.41) is 4.52. The Hall–Kier alpha value is -2.48. The predicted molar refractivity (Wildman–Crippen MR) is 107 cm³/mol. The highest BCUT2D eigenvalue weighted by molar-refractivity contribution is 6.33. The molecule has 4 rings (SSSR count). The molecule has 9 heteroatoms. The summed E-state index contributed by atoms with van der Waals surface area (Å²) in [4.78, 5) is 14.6. The number of hydrogen-bond donors (Lipinski definition) is 0. The van der Waals surface area contributed by atoms with Crippen molar-refractivity contribution in [2.24, 2.45) is 0 Å². The maximum Gasteiger partial charge on any atom is 0.292 e. The quantitative estimate of drug-likeness (QED) is 0.609. The van der Waals surface area contributed by atoms with Crippen molar-refractivity contribution in [2.75, 3.05) is 24.6 Å². The molecular formula is C20H15Cl2F2N3O2. The molecule has 1 saturated heterocycles. The zero-order chi connectivity index (χ0) is 20.5. The predicted octanol–water partition coefficient (Wildman–Crippen LogP) is 4.40. The topological polar surface area (TPSA) is 47.4 Å². The Morgan fingerprint density at radius 2 is 1.90 bits per heavy atom. The van der Waals surface area contributed by atoms with Gasteiger partial charge in [0.15, 0.2) is 5.82 Å². The Labute approximate surface area is 175 Å². The highest BCUT2D eigenvalue weighted by Gasteiger charge is 2.26. The van der Waals surface area contributed by atoms with Gasteiger partial charge in [0.25, 0.3) is 5.56 Å². The van der Waals surface area contributed by atoms with E-state index in [0.717, 1.165) is 22.4 Å². The standard InChI is InChI=1S/C20H15Cl2F2N3O2/c21-14-4-2-1-3-13(14)18-11-26(7-8-29-18)17-10-25-27(20(28)19(17)22)16-6-5-12(23)9-15(16)24/h1-6,9-10,18H,7-8,11H2. The monoisotopic (exact) mass is 437 g/mol. The van der Waals surface area contributed by atoms with Crippen molar-refractivity contribution in [3.8, 4) is 5.69 Å². The Morgan fingerprint density at radius 1 is 1.10 bits per heavy atom. The van der Waals surface area contributed by atoms with Crippen molar-refractivity contribution in [1.29, 1.82) is 0 Å². The third-order valence-electron chi connectivity index (χ3n) is 4.70. The van der Waals surface area contributed by atoms with Gasteiger partial charge in [-0.05, 0) is 18.2 Å². The molecule has 0 N–H and O–H groups in total. The fourth-order valence-electron chi connectivity index (χ4n) is 3.26. The van der Waals surface area contributed by atoms with Gasteiger partial charge in [0.1, 0.15) is 22.6 Å². The number of morpholine rings is 1. The summed E-state index contributed by atoms with van der Waals surface area (Å²) in [7, 11) is 0. The Bertz CT molecular complexity index is 1120. The van der Waals surface area contributed by atoms with Crippen LogP contribution in [0.25, 0.3) is 5.69 Å². The summed E-state index contributed by atoms with van der Waals surface area (Å²) < 4.78 is 33.9. The number of anilines is 1. The summed E-state index contributed by atoms with van der Waals surface area (Å²) >= 11 is 12.6. The van der Waals surface area contributed by atoms with Crippen LogP contribution in [0.15, 0.2) is 53.5 Å². The number of aromatic nitrogens is 2. The Balaban J connectivity index is 1.66. The molecule has 1 unspecified atom stereocenters. The minimum Gasteiger partial charge on any atom is -0.370 e. The van der Waals surface area contributed by atoms with Gasteiger partial charge in [0.05, 0.1) is 18.5 Å². The number of ether oxygens (including phenoxy) is 1. The van der Waals surface area contributed by atoms with Crippen LogP contribution < -0.4 is 10.5 Å². The fraction of sp³-hybridized carbons (Fsp3) is 0.200. The Kier molecular flexibility index (Phi) is 5.54. The van der Waals surface area contributed by atoms with Crippen LogP contribution in [-0.4, -0.2) is 29.5 Å². The average Bonchev–Trinajstić information content (AvgIpc) is 2.71. The van der Waals surface area contributed by atoms with Gasteiger partial charge < -0.3 is 9.64 Å². The molecule has 2 heterocycles. The SMILES string of the molecule is O=c1c(Cl)c(N2CCOC(c3ccccc3Cl)C2)cnn1-c1ccc(F)cc1F. The summed E-state index contributed by atoms with van der Waals surface area (Å²) in [5.41, 5.74) is 0.372. The summed E-state index contributed by atoms with van der Waals surface area (Å²) in [6.45, 7) is 1.32. The molecule has 0 bridgehead atoms. The number of benzene rings is 2. The maximum atomic E-state index is 14.1. The van der Waals surface area contributed by atoms with E-state index in [1.54, 1.807) is 6.07 Å². The summed E-state index contributed by atoms with van der Waals surface area (Å²) in [6, 6.07) is 10.2. The van der Waals surface area contributed by atoms with Crippen molar-refractivity contribution in [3.05, 3.63) is 86.3 Å². The molecule has 1 atom stereocenters. The van der Waals surface area contributed by atoms with Gasteiger partial charge in [-0.15, -0.1) is 0 Å². The first-order chi connectivity index (χ1) is 14.0. The van der Waals surface area contributed by atoms with Gasteiger partial charge in [0.2, 0.25) is 0 Å². The second kappa shape index (κ2) is 8.10. The van der Waals surface area contributed by atoms with Gasteiger partial charge >= 0.3 is 0 Å². The molecule has 29 heavy (non-hydrogen) atoms. The van der Waals surface area contributed by atoms with Crippen LogP contribution in [0.4, 0.5) is 14.5 Å². The molecule has 1 aliphatic heterocycles. The van der Waals surface area contributed by atoms with Crippen LogP contribution >= 0.6 is 23.2 Å². The largest absolute Gasteiger partial charge is 0.370 e. The molecule has 0 saturated carbocycles. The number of halogens is 4. The van der Waals surface area contributed by atoms with E-state index in [1.165, 1.54) is 6.20 Å². The van der Waals surface area contributed by atoms with Crippen molar-refractivity contribution in [3.63, 3.8) is 0 Å². The third kappa shape index (κ3) is 3.85. The van der Waals surface area contributed by atoms with E-state index in [0.29, 0.717) is 36.5 Å². The first-order valence-corrected chi connectivity index (χ1v) is 9.55. The number of hydrogen-bond acceptors (Lipinski definition) is 4. The maximum absolute atomic E-state index is 14.1. The van der Waals surface area contributed by atoms with Crippen LogP contribution in [0.5, 0.6) is 0 Å². The highest BCUT2D eigenvalue weighted by Crippen LogP contribution is 2.32. The van der Waals surface area contributed by atoms with Crippen molar-refractivity contribution < 1.29 is 13.5 Å². The third-order valence-corrected chi connectivity index (χ3v) is 5.40. The molecule has 0 radical (unpaired) electrons. The highest BCUT2D eigenvalue weighted by atomic mass is 35.5. The van der Waals surface area contributed by atoms with Crippen LogP contribution in [0, 0.1) is 11.6 Å². The minimum atomic E-state index is -0.909. The zero-order valence-corrected chi connectivity index (χ0v) is 16.5. The smallest absolute Gasteiger partial charge is 0.292 e. The molecule has 3 aromatic rings. The summed E-state index contributed by atoms with van der Waals surface area (Å²) in [5.74, 6) is -1.66. The lowest BCUT2D eigenvalue weighted by molar-refractivity contribution is 0.0398. The van der Waals surface area contributed by atoms with Crippen LogP contribution in [0.2, 0.25) is 10.0 Å². The lowest BCUT2D eigenvalue weighted by Gasteiger charge is -2.35. The van der Waals surface area contributed by atoms with E-state index < -0.39 is 17.2 Å². The molecule has 0 aliphatic carbocycles. The van der Waals surface area contributed by atoms with E-state index in [4.69, 9.17) is 27.9 Å². The lowest BCUT2D eigenvalue weighted by atomic mass is 10.1. The molecule has 1 aliphatic rings. The molecule has 0 spiro atoms. The molecule has 5 nitrogen and oxygen atoms in total. The number of nitrogens with zero attached hydrogens (tertiary/aromatic N) is 3. The molecular weight excluding hydrogens is 423 g/mol. The zero-order valence-electron chi connectivity index (χ0n) is 15.0. The van der Waals surface area contributed by atoms with Crippen molar-refractivity contribution in [1.82, 2.24) is 9.78 Å². The van der Waals surface area contributed by atoms with Gasteiger partial charge in [-0.3, -0.25) is 4.79 Å². The van der Waals surface area contributed by atoms with Crippen LogP contribution in [0.3, 0.4) is 0 Å². The fourth-order valence-corrected chi connectivity index (χ4v) is 3.77. The normalized spacial score (nSPS) is 16.8. The van der Waals surface area contributed by atoms with Gasteiger partial charge in [-0.1, -0.05) is 41.4 Å². The van der Waals surface area contributed by atoms with E-state index in [9.17, 15) is 13.6 Å². The van der Waals surface area contributed by atoms with E-state index in [1.807, 2.05) is 23.1 Å². The molecule has 150 valence electrons. The van der Waals surface area contributed by atoms with Crippen LogP contribution in [0.1, 0.15) is 11.7 Å². The van der Waals surface area contributed by atoms with E-state index in [-0.39, 0.29) is 16.8 Å². The van der Waals surface area contributed by atoms with E-state index >= 15 is 0 Å². The molecule has 1 fully saturated rings. The number of rotatable bonds is 3. The first-order valence-electron chi connectivity index (χ1n) is 8.80.